The minimum absolute atomic E-state index is 0.0613. The van der Waals surface area contributed by atoms with Crippen LogP contribution in [-0.4, -0.2) is 10.7 Å². The van der Waals surface area contributed by atoms with E-state index >= 15 is 0 Å². The molecular formula is C32H40O2. The predicted octanol–water partition coefficient (Wildman–Crippen LogP) is 7.46. The van der Waals surface area contributed by atoms with E-state index in [4.69, 9.17) is 4.74 Å². The van der Waals surface area contributed by atoms with Crippen LogP contribution in [0.15, 0.2) is 60.7 Å². The molecule has 180 valence electrons. The Bertz CT molecular complexity index is 1060. The molecule has 4 aliphatic rings. The zero-order chi connectivity index (χ0) is 23.3. The molecule has 2 aromatic carbocycles. The molecule has 34 heavy (non-hydrogen) atoms. The number of hydrogen-bond donors (Lipinski definition) is 1. The van der Waals surface area contributed by atoms with Gasteiger partial charge in [0, 0.05) is 5.41 Å². The van der Waals surface area contributed by atoms with Gasteiger partial charge >= 0.3 is 0 Å². The van der Waals surface area contributed by atoms with Gasteiger partial charge in [0.25, 0.3) is 0 Å². The maximum absolute atomic E-state index is 12.0. The van der Waals surface area contributed by atoms with Crippen molar-refractivity contribution in [2.45, 2.75) is 83.3 Å². The highest BCUT2D eigenvalue weighted by Crippen LogP contribution is 2.69. The van der Waals surface area contributed by atoms with Crippen LogP contribution in [0, 0.1) is 29.1 Å². The Morgan fingerprint density at radius 2 is 1.94 bits per heavy atom. The van der Waals surface area contributed by atoms with Crippen molar-refractivity contribution < 1.29 is 9.84 Å². The fraction of sp³-hybridized carbons (Fsp3) is 0.562. The van der Waals surface area contributed by atoms with Gasteiger partial charge in [-0.1, -0.05) is 75.2 Å². The molecule has 2 nitrogen and oxygen atoms in total. The summed E-state index contributed by atoms with van der Waals surface area (Å²) in [5.74, 6) is 4.15. The van der Waals surface area contributed by atoms with E-state index in [1.54, 1.807) is 5.56 Å². The van der Waals surface area contributed by atoms with Crippen molar-refractivity contribution in [3.05, 3.63) is 77.4 Å². The molecule has 0 heterocycles. The van der Waals surface area contributed by atoms with Gasteiger partial charge in [0.1, 0.15) is 12.4 Å². The fourth-order valence-electron chi connectivity index (χ4n) is 8.73. The summed E-state index contributed by atoms with van der Waals surface area (Å²) in [6, 6.07) is 17.4. The predicted molar refractivity (Wildman–Crippen MR) is 138 cm³/mol. The largest absolute Gasteiger partial charge is 0.489 e. The Balaban J connectivity index is 1.30. The molecule has 2 saturated carbocycles. The van der Waals surface area contributed by atoms with Crippen molar-refractivity contribution in [3.8, 4) is 5.75 Å². The maximum atomic E-state index is 12.0. The van der Waals surface area contributed by atoms with Crippen molar-refractivity contribution >= 4 is 0 Å². The summed E-state index contributed by atoms with van der Waals surface area (Å²) in [5.41, 5.74) is 3.87. The zero-order valence-corrected chi connectivity index (χ0v) is 20.9. The molecule has 7 unspecified atom stereocenters. The summed E-state index contributed by atoms with van der Waals surface area (Å²) in [6.07, 6.45) is 13.8. The topological polar surface area (TPSA) is 29.5 Å². The summed E-state index contributed by atoms with van der Waals surface area (Å²) < 4.78 is 6.21. The molecular weight excluding hydrogens is 416 g/mol. The third-order valence-electron chi connectivity index (χ3n) is 10.4. The van der Waals surface area contributed by atoms with E-state index < -0.39 is 5.60 Å². The Kier molecular flexibility index (Phi) is 5.64. The Labute approximate surface area is 205 Å². The SMILES string of the molecule is CCCC1Cc2cc(OCc3ccccc3)ccc2C2CCC3(C)C(CC4CC=CCC43O)C12. The standard InChI is InChI=1S/C32H40O2/c1-3-9-23-18-24-19-26(34-21-22-10-5-4-6-11-22)13-14-27(24)28-15-17-31(2)29(30(23)28)20-25-12-7-8-16-32(25,31)33/h4-8,10-11,13-14,19,23,25,28-30,33H,3,9,12,15-18,20-21H2,1-2H3. The van der Waals surface area contributed by atoms with Crippen LogP contribution >= 0.6 is 0 Å². The lowest BCUT2D eigenvalue weighted by Crippen LogP contribution is -2.54. The number of fused-ring (bicyclic) bond motifs is 7. The van der Waals surface area contributed by atoms with E-state index in [1.807, 2.05) is 0 Å². The summed E-state index contributed by atoms with van der Waals surface area (Å²) >= 11 is 0. The van der Waals surface area contributed by atoms with Crippen LogP contribution in [0.2, 0.25) is 0 Å². The van der Waals surface area contributed by atoms with Gasteiger partial charge < -0.3 is 9.84 Å². The third kappa shape index (κ3) is 3.40. The number of ether oxygens (including phenoxy) is 1. The molecule has 0 saturated heterocycles. The Hall–Kier alpha value is -2.06. The van der Waals surface area contributed by atoms with Crippen LogP contribution in [0.1, 0.15) is 81.4 Å². The first kappa shape index (κ1) is 22.4. The second kappa shape index (κ2) is 8.55. The number of hydrogen-bond acceptors (Lipinski definition) is 2. The van der Waals surface area contributed by atoms with Crippen molar-refractivity contribution in [2.75, 3.05) is 0 Å². The number of benzene rings is 2. The van der Waals surface area contributed by atoms with Crippen molar-refractivity contribution in [2.24, 2.45) is 29.1 Å². The van der Waals surface area contributed by atoms with Crippen LogP contribution < -0.4 is 4.74 Å². The lowest BCUT2D eigenvalue weighted by Gasteiger charge is -2.56. The van der Waals surface area contributed by atoms with Crippen LogP contribution in [0.25, 0.3) is 0 Å². The molecule has 2 fully saturated rings. The van der Waals surface area contributed by atoms with E-state index in [0.29, 0.717) is 36.2 Å². The zero-order valence-electron chi connectivity index (χ0n) is 20.9. The minimum Gasteiger partial charge on any atom is -0.489 e. The van der Waals surface area contributed by atoms with Gasteiger partial charge in [-0.25, -0.2) is 0 Å². The summed E-state index contributed by atoms with van der Waals surface area (Å²) in [6.45, 7) is 5.42. The molecule has 4 aliphatic carbocycles. The van der Waals surface area contributed by atoms with Gasteiger partial charge in [0.05, 0.1) is 5.60 Å². The van der Waals surface area contributed by atoms with Crippen LogP contribution in [0.3, 0.4) is 0 Å². The van der Waals surface area contributed by atoms with E-state index in [9.17, 15) is 5.11 Å². The van der Waals surface area contributed by atoms with Crippen molar-refractivity contribution in [1.29, 1.82) is 0 Å². The monoisotopic (exact) mass is 456 g/mol. The molecule has 0 radical (unpaired) electrons. The van der Waals surface area contributed by atoms with Gasteiger partial charge in [-0.05, 0) is 96.9 Å². The highest BCUT2D eigenvalue weighted by molar-refractivity contribution is 5.42. The summed E-state index contributed by atoms with van der Waals surface area (Å²) in [5, 5.41) is 12.0. The summed E-state index contributed by atoms with van der Waals surface area (Å²) in [4.78, 5) is 0. The minimum atomic E-state index is -0.496. The maximum Gasteiger partial charge on any atom is 0.120 e. The lowest BCUT2D eigenvalue weighted by atomic mass is 9.50. The van der Waals surface area contributed by atoms with E-state index in [2.05, 4.69) is 74.5 Å². The Morgan fingerprint density at radius 3 is 2.76 bits per heavy atom. The van der Waals surface area contributed by atoms with Gasteiger partial charge in [0.2, 0.25) is 0 Å². The Morgan fingerprint density at radius 1 is 1.09 bits per heavy atom. The van der Waals surface area contributed by atoms with Gasteiger partial charge in [-0.3, -0.25) is 0 Å². The van der Waals surface area contributed by atoms with Gasteiger partial charge in [-0.2, -0.15) is 0 Å². The molecule has 0 aliphatic heterocycles. The third-order valence-corrected chi connectivity index (χ3v) is 10.4. The van der Waals surface area contributed by atoms with E-state index in [1.165, 1.54) is 43.2 Å². The lowest BCUT2D eigenvalue weighted by molar-refractivity contribution is -0.126. The van der Waals surface area contributed by atoms with Crippen molar-refractivity contribution in [3.63, 3.8) is 0 Å². The molecule has 2 aromatic rings. The molecule has 0 bridgehead atoms. The normalized spacial score (nSPS) is 37.9. The first-order valence-corrected chi connectivity index (χ1v) is 13.7. The molecule has 0 amide bonds. The van der Waals surface area contributed by atoms with Gasteiger partial charge in [0.15, 0.2) is 0 Å². The average molecular weight is 457 g/mol. The number of rotatable bonds is 5. The van der Waals surface area contributed by atoms with Crippen molar-refractivity contribution in [1.82, 2.24) is 0 Å². The molecule has 0 aromatic heterocycles. The number of allylic oxidation sites excluding steroid dienone is 1. The van der Waals surface area contributed by atoms with E-state index in [-0.39, 0.29) is 5.41 Å². The average Bonchev–Trinajstić information content (AvgIpc) is 3.10. The van der Waals surface area contributed by atoms with Gasteiger partial charge in [-0.15, -0.1) is 0 Å². The number of aliphatic hydroxyl groups is 1. The molecule has 0 spiro atoms. The quantitative estimate of drug-likeness (QED) is 0.473. The summed E-state index contributed by atoms with van der Waals surface area (Å²) in [7, 11) is 0. The van der Waals surface area contributed by atoms with Crippen LogP contribution in [0.4, 0.5) is 0 Å². The smallest absolute Gasteiger partial charge is 0.120 e. The first-order chi connectivity index (χ1) is 16.5. The van der Waals surface area contributed by atoms with E-state index in [0.717, 1.165) is 25.0 Å². The fourth-order valence-corrected chi connectivity index (χ4v) is 8.73. The second-order valence-electron chi connectivity index (χ2n) is 11.9. The highest BCUT2D eigenvalue weighted by atomic mass is 16.5. The highest BCUT2D eigenvalue weighted by Gasteiger charge is 2.66. The first-order valence-electron chi connectivity index (χ1n) is 13.7. The molecule has 1 N–H and O–H groups in total. The van der Waals surface area contributed by atoms with Crippen LogP contribution in [-0.2, 0) is 13.0 Å². The second-order valence-corrected chi connectivity index (χ2v) is 11.9. The molecule has 7 atom stereocenters. The molecule has 6 rings (SSSR count). The molecule has 2 heteroatoms. The van der Waals surface area contributed by atoms with Crippen LogP contribution in [0.5, 0.6) is 5.75 Å².